The maximum Gasteiger partial charge on any atom is 0.161 e. The van der Waals surface area contributed by atoms with E-state index in [1.54, 1.807) is 0 Å². The number of unbranched alkanes of at least 4 members (excludes halogenated alkanes) is 3. The van der Waals surface area contributed by atoms with Gasteiger partial charge < -0.3 is 14.8 Å². The van der Waals surface area contributed by atoms with Crippen LogP contribution in [-0.2, 0) is 0 Å². The highest BCUT2D eigenvalue weighted by Gasteiger charge is 2.13. The molecule has 20 heavy (non-hydrogen) atoms. The summed E-state index contributed by atoms with van der Waals surface area (Å²) in [7, 11) is 0. The van der Waals surface area contributed by atoms with Crippen LogP contribution in [-0.4, -0.2) is 19.8 Å². The van der Waals surface area contributed by atoms with E-state index in [0.29, 0.717) is 6.04 Å². The summed E-state index contributed by atoms with van der Waals surface area (Å²) in [5, 5.41) is 3.58. The number of rotatable bonds is 7. The predicted molar refractivity (Wildman–Crippen MR) is 82.6 cm³/mol. The van der Waals surface area contributed by atoms with Crippen molar-refractivity contribution in [1.82, 2.24) is 5.32 Å². The third kappa shape index (κ3) is 4.41. The van der Waals surface area contributed by atoms with Gasteiger partial charge in [-0.1, -0.05) is 32.3 Å². The van der Waals surface area contributed by atoms with E-state index in [4.69, 9.17) is 9.47 Å². The minimum Gasteiger partial charge on any atom is -0.490 e. The van der Waals surface area contributed by atoms with E-state index in [0.717, 1.165) is 37.7 Å². The Morgan fingerprint density at radius 1 is 1.10 bits per heavy atom. The number of hydrogen-bond donors (Lipinski definition) is 1. The molecule has 0 spiro atoms. The van der Waals surface area contributed by atoms with Gasteiger partial charge in [-0.3, -0.25) is 0 Å². The Morgan fingerprint density at radius 3 is 2.70 bits per heavy atom. The molecule has 1 aliphatic heterocycles. The molecule has 1 N–H and O–H groups in total. The molecule has 0 fully saturated rings. The second kappa shape index (κ2) is 8.15. The first kappa shape index (κ1) is 15.2. The Bertz CT molecular complexity index is 406. The molecule has 0 bridgehead atoms. The van der Waals surface area contributed by atoms with E-state index < -0.39 is 0 Å². The van der Waals surface area contributed by atoms with Crippen molar-refractivity contribution in [2.75, 3.05) is 19.8 Å². The Labute approximate surface area is 122 Å². The summed E-state index contributed by atoms with van der Waals surface area (Å²) in [6, 6.07) is 6.64. The second-order valence-electron chi connectivity index (χ2n) is 5.49. The van der Waals surface area contributed by atoms with Crippen molar-refractivity contribution in [3.05, 3.63) is 23.8 Å². The number of benzene rings is 1. The van der Waals surface area contributed by atoms with Crippen LogP contribution in [0.3, 0.4) is 0 Å². The highest BCUT2D eigenvalue weighted by molar-refractivity contribution is 5.44. The summed E-state index contributed by atoms with van der Waals surface area (Å²) in [4.78, 5) is 0. The first-order valence-electron chi connectivity index (χ1n) is 7.94. The Kier molecular flexibility index (Phi) is 6.19. The van der Waals surface area contributed by atoms with E-state index in [1.807, 2.05) is 6.07 Å². The minimum atomic E-state index is 0.355. The molecular weight excluding hydrogens is 250 g/mol. The Hall–Kier alpha value is -1.22. The number of ether oxygens (including phenoxy) is 2. The first-order valence-corrected chi connectivity index (χ1v) is 7.94. The van der Waals surface area contributed by atoms with E-state index in [1.165, 1.54) is 31.2 Å². The quantitative estimate of drug-likeness (QED) is 0.762. The summed E-state index contributed by atoms with van der Waals surface area (Å²) >= 11 is 0. The van der Waals surface area contributed by atoms with Crippen molar-refractivity contribution >= 4 is 0 Å². The van der Waals surface area contributed by atoms with Crippen molar-refractivity contribution < 1.29 is 9.47 Å². The fraction of sp³-hybridized carbons (Fsp3) is 0.647. The molecule has 0 saturated carbocycles. The normalized spacial score (nSPS) is 15.7. The van der Waals surface area contributed by atoms with Gasteiger partial charge in [0.05, 0.1) is 13.2 Å². The zero-order valence-electron chi connectivity index (χ0n) is 12.8. The molecule has 1 unspecified atom stereocenters. The van der Waals surface area contributed by atoms with Crippen molar-refractivity contribution in [1.29, 1.82) is 0 Å². The molecular formula is C17H27NO2. The summed E-state index contributed by atoms with van der Waals surface area (Å²) in [6.07, 6.45) is 6.15. The molecule has 1 heterocycles. The molecule has 1 aromatic carbocycles. The van der Waals surface area contributed by atoms with Crippen molar-refractivity contribution in [3.63, 3.8) is 0 Å². The molecule has 1 aliphatic rings. The largest absolute Gasteiger partial charge is 0.490 e. The van der Waals surface area contributed by atoms with Crippen LogP contribution in [0.15, 0.2) is 18.2 Å². The molecule has 112 valence electrons. The van der Waals surface area contributed by atoms with Gasteiger partial charge in [0, 0.05) is 12.5 Å². The molecule has 2 rings (SSSR count). The van der Waals surface area contributed by atoms with Gasteiger partial charge in [-0.15, -0.1) is 0 Å². The van der Waals surface area contributed by atoms with Gasteiger partial charge >= 0.3 is 0 Å². The lowest BCUT2D eigenvalue weighted by molar-refractivity contribution is 0.297. The van der Waals surface area contributed by atoms with Gasteiger partial charge in [0.25, 0.3) is 0 Å². The van der Waals surface area contributed by atoms with Crippen LogP contribution in [0.25, 0.3) is 0 Å². The average Bonchev–Trinajstić information content (AvgIpc) is 2.71. The SMILES string of the molecule is CCCCCCNC(C)c1ccc2c(c1)OCCCO2. The minimum absolute atomic E-state index is 0.355. The van der Waals surface area contributed by atoms with E-state index >= 15 is 0 Å². The number of hydrogen-bond acceptors (Lipinski definition) is 3. The van der Waals surface area contributed by atoms with E-state index in [2.05, 4.69) is 31.3 Å². The lowest BCUT2D eigenvalue weighted by Gasteiger charge is -2.16. The zero-order chi connectivity index (χ0) is 14.2. The maximum absolute atomic E-state index is 5.74. The van der Waals surface area contributed by atoms with Gasteiger partial charge in [-0.05, 0) is 37.6 Å². The molecule has 3 heteroatoms. The topological polar surface area (TPSA) is 30.5 Å². The van der Waals surface area contributed by atoms with Gasteiger partial charge in [0.2, 0.25) is 0 Å². The van der Waals surface area contributed by atoms with Gasteiger partial charge in [0.1, 0.15) is 0 Å². The predicted octanol–water partition coefficient (Wildman–Crippen LogP) is 4.08. The zero-order valence-corrected chi connectivity index (χ0v) is 12.8. The molecule has 0 aromatic heterocycles. The van der Waals surface area contributed by atoms with Crippen LogP contribution >= 0.6 is 0 Å². The standard InChI is InChI=1S/C17H27NO2/c1-3-4-5-6-10-18-14(2)15-8-9-16-17(13-15)20-12-7-11-19-16/h8-9,13-14,18H,3-7,10-12H2,1-2H3. The second-order valence-corrected chi connectivity index (χ2v) is 5.49. The summed E-state index contributed by atoms with van der Waals surface area (Å²) in [5.41, 5.74) is 1.27. The van der Waals surface area contributed by atoms with Crippen LogP contribution < -0.4 is 14.8 Å². The highest BCUT2D eigenvalue weighted by Crippen LogP contribution is 2.32. The molecule has 0 amide bonds. The molecule has 0 radical (unpaired) electrons. The van der Waals surface area contributed by atoms with Crippen molar-refractivity contribution in [2.24, 2.45) is 0 Å². The Balaban J connectivity index is 1.86. The fourth-order valence-electron chi connectivity index (χ4n) is 2.44. The smallest absolute Gasteiger partial charge is 0.161 e. The monoisotopic (exact) mass is 277 g/mol. The van der Waals surface area contributed by atoms with Crippen LogP contribution in [0, 0.1) is 0 Å². The lowest BCUT2D eigenvalue weighted by atomic mass is 10.1. The third-order valence-corrected chi connectivity index (χ3v) is 3.75. The maximum atomic E-state index is 5.74. The average molecular weight is 277 g/mol. The molecule has 3 nitrogen and oxygen atoms in total. The molecule has 1 atom stereocenters. The highest BCUT2D eigenvalue weighted by atomic mass is 16.5. The van der Waals surface area contributed by atoms with E-state index in [9.17, 15) is 0 Å². The first-order chi connectivity index (χ1) is 9.81. The van der Waals surface area contributed by atoms with Crippen LogP contribution in [0.4, 0.5) is 0 Å². The van der Waals surface area contributed by atoms with Crippen LogP contribution in [0.1, 0.15) is 57.6 Å². The molecule has 0 aliphatic carbocycles. The van der Waals surface area contributed by atoms with Crippen LogP contribution in [0.5, 0.6) is 11.5 Å². The lowest BCUT2D eigenvalue weighted by Crippen LogP contribution is -2.19. The summed E-state index contributed by atoms with van der Waals surface area (Å²) < 4.78 is 11.4. The van der Waals surface area contributed by atoms with Gasteiger partial charge in [-0.25, -0.2) is 0 Å². The van der Waals surface area contributed by atoms with Gasteiger partial charge in [0.15, 0.2) is 11.5 Å². The summed E-state index contributed by atoms with van der Waals surface area (Å²) in [5.74, 6) is 1.76. The van der Waals surface area contributed by atoms with Gasteiger partial charge in [-0.2, -0.15) is 0 Å². The molecule has 0 saturated heterocycles. The third-order valence-electron chi connectivity index (χ3n) is 3.75. The fourth-order valence-corrected chi connectivity index (χ4v) is 2.44. The Morgan fingerprint density at radius 2 is 1.90 bits per heavy atom. The van der Waals surface area contributed by atoms with Crippen molar-refractivity contribution in [3.8, 4) is 11.5 Å². The van der Waals surface area contributed by atoms with Crippen molar-refractivity contribution in [2.45, 2.75) is 52.0 Å². The van der Waals surface area contributed by atoms with E-state index in [-0.39, 0.29) is 0 Å². The summed E-state index contributed by atoms with van der Waals surface area (Å²) in [6.45, 7) is 7.02. The number of nitrogens with one attached hydrogen (secondary N) is 1. The van der Waals surface area contributed by atoms with Crippen LogP contribution in [0.2, 0.25) is 0 Å². The number of fused-ring (bicyclic) bond motifs is 1. The molecule has 1 aromatic rings.